The van der Waals surface area contributed by atoms with Gasteiger partial charge in [-0.15, -0.1) is 0 Å². The number of carbonyl (C=O) groups excluding carboxylic acids is 3. The molecule has 1 aromatic carbocycles. The molecule has 1 N–H and O–H groups in total. The fraction of sp³-hybridized carbons (Fsp3) is 0.350. The van der Waals surface area contributed by atoms with E-state index >= 15 is 0 Å². The first kappa shape index (κ1) is 20.2. The standard InChI is InChI=1S/C20H24N2O5/c1-14-17(20(25)26-3)12-16(27-14)13-22(2)19(24)9-10-21-18(23)11-15-7-5-4-6-8-15/h4-8,12H,9-11,13H2,1-3H3,(H,21,23). The zero-order chi connectivity index (χ0) is 19.8. The second-order valence-electron chi connectivity index (χ2n) is 6.19. The molecule has 0 bridgehead atoms. The zero-order valence-electron chi connectivity index (χ0n) is 15.8. The lowest BCUT2D eigenvalue weighted by Crippen LogP contribution is -2.32. The predicted octanol–water partition coefficient (Wildman–Crippen LogP) is 2.08. The van der Waals surface area contributed by atoms with Crippen molar-refractivity contribution in [3.8, 4) is 0 Å². The van der Waals surface area contributed by atoms with Crippen LogP contribution in [0.1, 0.15) is 33.9 Å². The number of nitrogens with zero attached hydrogens (tertiary/aromatic N) is 1. The van der Waals surface area contributed by atoms with E-state index in [1.807, 2.05) is 30.3 Å². The molecule has 0 aliphatic heterocycles. The van der Waals surface area contributed by atoms with Crippen LogP contribution < -0.4 is 5.32 Å². The van der Waals surface area contributed by atoms with E-state index in [-0.39, 0.29) is 37.7 Å². The molecule has 27 heavy (non-hydrogen) atoms. The summed E-state index contributed by atoms with van der Waals surface area (Å²) in [4.78, 5) is 37.2. The molecular formula is C20H24N2O5. The van der Waals surface area contributed by atoms with Gasteiger partial charge in [0, 0.05) is 20.0 Å². The van der Waals surface area contributed by atoms with Gasteiger partial charge in [-0.1, -0.05) is 30.3 Å². The second kappa shape index (κ2) is 9.56. The summed E-state index contributed by atoms with van der Waals surface area (Å²) in [5.41, 5.74) is 1.27. The van der Waals surface area contributed by atoms with Gasteiger partial charge in [-0.05, 0) is 18.6 Å². The van der Waals surface area contributed by atoms with Crippen LogP contribution in [0, 0.1) is 6.92 Å². The number of esters is 1. The fourth-order valence-corrected chi connectivity index (χ4v) is 2.60. The summed E-state index contributed by atoms with van der Waals surface area (Å²) < 4.78 is 10.2. The van der Waals surface area contributed by atoms with Gasteiger partial charge in [0.1, 0.15) is 17.1 Å². The maximum absolute atomic E-state index is 12.2. The van der Waals surface area contributed by atoms with Gasteiger partial charge < -0.3 is 19.4 Å². The van der Waals surface area contributed by atoms with Gasteiger partial charge >= 0.3 is 5.97 Å². The van der Waals surface area contributed by atoms with E-state index in [9.17, 15) is 14.4 Å². The fourth-order valence-electron chi connectivity index (χ4n) is 2.60. The van der Waals surface area contributed by atoms with Gasteiger partial charge in [0.05, 0.1) is 20.1 Å². The molecule has 7 nitrogen and oxygen atoms in total. The summed E-state index contributed by atoms with van der Waals surface area (Å²) in [6, 6.07) is 11.0. The summed E-state index contributed by atoms with van der Waals surface area (Å²) >= 11 is 0. The van der Waals surface area contributed by atoms with Crippen LogP contribution in [0.2, 0.25) is 0 Å². The second-order valence-corrected chi connectivity index (χ2v) is 6.19. The lowest BCUT2D eigenvalue weighted by molar-refractivity contribution is -0.130. The molecular weight excluding hydrogens is 348 g/mol. The van der Waals surface area contributed by atoms with E-state index in [0.717, 1.165) is 5.56 Å². The van der Waals surface area contributed by atoms with Crippen molar-refractivity contribution < 1.29 is 23.5 Å². The van der Waals surface area contributed by atoms with E-state index in [1.54, 1.807) is 20.0 Å². The van der Waals surface area contributed by atoms with Crippen molar-refractivity contribution in [1.82, 2.24) is 10.2 Å². The van der Waals surface area contributed by atoms with Crippen LogP contribution in [-0.2, 0) is 27.3 Å². The number of hydrogen-bond acceptors (Lipinski definition) is 5. The number of aryl methyl sites for hydroxylation is 1. The molecule has 0 spiro atoms. The normalized spacial score (nSPS) is 10.3. The van der Waals surface area contributed by atoms with E-state index in [2.05, 4.69) is 10.1 Å². The maximum Gasteiger partial charge on any atom is 0.341 e. The molecule has 144 valence electrons. The van der Waals surface area contributed by atoms with Crippen LogP contribution in [0.25, 0.3) is 0 Å². The minimum absolute atomic E-state index is 0.124. The lowest BCUT2D eigenvalue weighted by atomic mass is 10.1. The summed E-state index contributed by atoms with van der Waals surface area (Å²) in [6.45, 7) is 2.16. The quantitative estimate of drug-likeness (QED) is 0.717. The molecule has 0 saturated carbocycles. The van der Waals surface area contributed by atoms with Crippen molar-refractivity contribution >= 4 is 17.8 Å². The van der Waals surface area contributed by atoms with Gasteiger partial charge in [0.15, 0.2) is 0 Å². The van der Waals surface area contributed by atoms with Gasteiger partial charge in [0.25, 0.3) is 0 Å². The molecule has 0 aliphatic rings. The average Bonchev–Trinajstić information content (AvgIpc) is 3.01. The molecule has 7 heteroatoms. The molecule has 2 rings (SSSR count). The molecule has 1 aromatic heterocycles. The Kier molecular flexibility index (Phi) is 7.16. The van der Waals surface area contributed by atoms with E-state index < -0.39 is 5.97 Å². The zero-order valence-corrected chi connectivity index (χ0v) is 15.8. The molecule has 1 heterocycles. The Balaban J connectivity index is 1.77. The number of nitrogens with one attached hydrogen (secondary N) is 1. The van der Waals surface area contributed by atoms with Crippen molar-refractivity contribution in [3.63, 3.8) is 0 Å². The van der Waals surface area contributed by atoms with Gasteiger partial charge in [-0.25, -0.2) is 4.79 Å². The molecule has 0 aliphatic carbocycles. The van der Waals surface area contributed by atoms with Crippen molar-refractivity contribution in [2.75, 3.05) is 20.7 Å². The topological polar surface area (TPSA) is 88.9 Å². The Hall–Kier alpha value is -3.09. The van der Waals surface area contributed by atoms with Gasteiger partial charge in [0.2, 0.25) is 11.8 Å². The molecule has 0 saturated heterocycles. The molecule has 0 radical (unpaired) electrons. The number of carbonyl (C=O) groups is 3. The third-order valence-corrected chi connectivity index (χ3v) is 4.06. The highest BCUT2D eigenvalue weighted by molar-refractivity contribution is 5.90. The minimum Gasteiger partial charge on any atom is -0.465 e. The molecule has 0 unspecified atom stereocenters. The maximum atomic E-state index is 12.2. The number of ether oxygens (including phenoxy) is 1. The lowest BCUT2D eigenvalue weighted by Gasteiger charge is -2.16. The van der Waals surface area contributed by atoms with Crippen LogP contribution in [0.5, 0.6) is 0 Å². The van der Waals surface area contributed by atoms with Crippen LogP contribution in [0.15, 0.2) is 40.8 Å². The van der Waals surface area contributed by atoms with Crippen molar-refractivity contribution in [2.24, 2.45) is 0 Å². The largest absolute Gasteiger partial charge is 0.465 e. The highest BCUT2D eigenvalue weighted by Crippen LogP contribution is 2.17. The Morgan fingerprint density at radius 1 is 1.19 bits per heavy atom. The summed E-state index contributed by atoms with van der Waals surface area (Å²) in [7, 11) is 2.94. The number of rotatable bonds is 8. The summed E-state index contributed by atoms with van der Waals surface area (Å²) in [5.74, 6) is 0.213. The number of hydrogen-bond donors (Lipinski definition) is 1. The molecule has 2 aromatic rings. The number of furan rings is 1. The van der Waals surface area contributed by atoms with Crippen LogP contribution in [0.3, 0.4) is 0 Å². The van der Waals surface area contributed by atoms with E-state index in [4.69, 9.17) is 4.42 Å². The minimum atomic E-state index is -0.474. The van der Waals surface area contributed by atoms with E-state index in [0.29, 0.717) is 17.1 Å². The number of methoxy groups -OCH3 is 1. The van der Waals surface area contributed by atoms with Crippen molar-refractivity contribution in [2.45, 2.75) is 26.3 Å². The predicted molar refractivity (Wildman–Crippen MR) is 99.0 cm³/mol. The smallest absolute Gasteiger partial charge is 0.341 e. The first-order valence-electron chi connectivity index (χ1n) is 8.63. The number of benzene rings is 1. The Morgan fingerprint density at radius 2 is 1.89 bits per heavy atom. The van der Waals surface area contributed by atoms with Crippen molar-refractivity contribution in [3.05, 3.63) is 59.0 Å². The molecule has 0 atom stereocenters. The van der Waals surface area contributed by atoms with Crippen LogP contribution >= 0.6 is 0 Å². The highest BCUT2D eigenvalue weighted by atomic mass is 16.5. The number of amides is 2. The van der Waals surface area contributed by atoms with Crippen LogP contribution in [0.4, 0.5) is 0 Å². The van der Waals surface area contributed by atoms with Crippen LogP contribution in [-0.4, -0.2) is 43.4 Å². The van der Waals surface area contributed by atoms with Crippen molar-refractivity contribution in [1.29, 1.82) is 0 Å². The SMILES string of the molecule is COC(=O)c1cc(CN(C)C(=O)CCNC(=O)Cc2ccccc2)oc1C. The van der Waals surface area contributed by atoms with Gasteiger partial charge in [-0.2, -0.15) is 0 Å². The summed E-state index contributed by atoms with van der Waals surface area (Å²) in [5, 5.41) is 2.75. The first-order chi connectivity index (χ1) is 12.9. The third-order valence-electron chi connectivity index (χ3n) is 4.06. The average molecular weight is 372 g/mol. The Bertz CT molecular complexity index is 798. The third kappa shape index (κ3) is 5.99. The highest BCUT2D eigenvalue weighted by Gasteiger charge is 2.18. The Morgan fingerprint density at radius 3 is 2.56 bits per heavy atom. The summed E-state index contributed by atoms with van der Waals surface area (Å²) in [6.07, 6.45) is 0.466. The van der Waals surface area contributed by atoms with Gasteiger partial charge in [-0.3, -0.25) is 9.59 Å². The first-order valence-corrected chi connectivity index (χ1v) is 8.63. The Labute approximate surface area is 158 Å². The molecule has 0 fully saturated rings. The van der Waals surface area contributed by atoms with E-state index in [1.165, 1.54) is 12.0 Å². The molecule has 2 amide bonds. The monoisotopic (exact) mass is 372 g/mol.